The van der Waals surface area contributed by atoms with Gasteiger partial charge in [0, 0.05) is 18.8 Å². The average molecular weight is 272 g/mol. The van der Waals surface area contributed by atoms with Gasteiger partial charge in [0.1, 0.15) is 0 Å². The molecule has 20 heavy (non-hydrogen) atoms. The molecule has 0 radical (unpaired) electrons. The lowest BCUT2D eigenvalue weighted by atomic mass is 10.1. The van der Waals surface area contributed by atoms with Crippen LogP contribution in [0.2, 0.25) is 0 Å². The van der Waals surface area contributed by atoms with E-state index in [4.69, 9.17) is 16.2 Å². The van der Waals surface area contributed by atoms with Crippen LogP contribution in [-0.4, -0.2) is 18.0 Å². The van der Waals surface area contributed by atoms with E-state index in [1.54, 1.807) is 31.5 Å². The Morgan fingerprint density at radius 3 is 2.90 bits per heavy atom. The van der Waals surface area contributed by atoms with Crippen molar-refractivity contribution in [2.45, 2.75) is 6.54 Å². The number of nitrogens with zero attached hydrogens (tertiary/aromatic N) is 1. The number of aromatic nitrogens is 1. The van der Waals surface area contributed by atoms with E-state index < -0.39 is 5.91 Å². The number of para-hydroxylation sites is 1. The van der Waals surface area contributed by atoms with Crippen LogP contribution >= 0.6 is 0 Å². The number of amides is 1. The molecule has 1 aromatic heterocycles. The van der Waals surface area contributed by atoms with E-state index in [9.17, 15) is 4.79 Å². The Morgan fingerprint density at radius 2 is 2.20 bits per heavy atom. The largest absolute Gasteiger partial charge is 0.481 e. The fourth-order valence-electron chi connectivity index (χ4n) is 1.80. The SMILES string of the molecule is COc1cc(CNc2cccc(C(N)=O)c2N)ccn1. The lowest BCUT2D eigenvalue weighted by molar-refractivity contribution is 0.100. The zero-order chi connectivity index (χ0) is 14.5. The number of hydrogen-bond acceptors (Lipinski definition) is 5. The summed E-state index contributed by atoms with van der Waals surface area (Å²) in [6.07, 6.45) is 1.67. The monoisotopic (exact) mass is 272 g/mol. The Bertz CT molecular complexity index is 628. The zero-order valence-electron chi connectivity index (χ0n) is 11.1. The highest BCUT2D eigenvalue weighted by Gasteiger charge is 2.09. The maximum atomic E-state index is 11.2. The number of ether oxygens (including phenoxy) is 1. The van der Waals surface area contributed by atoms with Gasteiger partial charge in [0.15, 0.2) is 0 Å². The highest BCUT2D eigenvalue weighted by Crippen LogP contribution is 2.23. The summed E-state index contributed by atoms with van der Waals surface area (Å²) in [6, 6.07) is 8.80. The Labute approximate surface area is 116 Å². The molecule has 1 aromatic carbocycles. The lowest BCUT2D eigenvalue weighted by Crippen LogP contribution is -2.14. The summed E-state index contributed by atoms with van der Waals surface area (Å²) in [6.45, 7) is 0.533. The first kappa shape index (κ1) is 13.7. The molecule has 1 heterocycles. The van der Waals surface area contributed by atoms with Crippen molar-refractivity contribution in [1.82, 2.24) is 4.98 Å². The van der Waals surface area contributed by atoms with E-state index in [2.05, 4.69) is 10.3 Å². The maximum Gasteiger partial charge on any atom is 0.250 e. The van der Waals surface area contributed by atoms with Gasteiger partial charge in [-0.1, -0.05) is 6.07 Å². The Kier molecular flexibility index (Phi) is 4.05. The fourth-order valence-corrected chi connectivity index (χ4v) is 1.80. The predicted octanol–water partition coefficient (Wildman–Crippen LogP) is 1.38. The molecule has 104 valence electrons. The molecular formula is C14H16N4O2. The van der Waals surface area contributed by atoms with Gasteiger partial charge in [-0.25, -0.2) is 4.98 Å². The smallest absolute Gasteiger partial charge is 0.250 e. The second-order valence-corrected chi connectivity index (χ2v) is 4.19. The van der Waals surface area contributed by atoms with Crippen LogP contribution < -0.4 is 21.5 Å². The number of methoxy groups -OCH3 is 1. The summed E-state index contributed by atoms with van der Waals surface area (Å²) in [5.41, 5.74) is 13.5. The van der Waals surface area contributed by atoms with Gasteiger partial charge in [-0.15, -0.1) is 0 Å². The van der Waals surface area contributed by atoms with E-state index in [0.717, 1.165) is 5.56 Å². The predicted molar refractivity (Wildman–Crippen MR) is 77.5 cm³/mol. The minimum absolute atomic E-state index is 0.308. The van der Waals surface area contributed by atoms with Crippen molar-refractivity contribution in [2.75, 3.05) is 18.2 Å². The van der Waals surface area contributed by atoms with Crippen LogP contribution in [0, 0.1) is 0 Å². The third-order valence-electron chi connectivity index (χ3n) is 2.86. The van der Waals surface area contributed by atoms with Crippen LogP contribution in [0.25, 0.3) is 0 Å². The third kappa shape index (κ3) is 2.97. The van der Waals surface area contributed by atoms with Crippen LogP contribution in [0.15, 0.2) is 36.5 Å². The summed E-state index contributed by atoms with van der Waals surface area (Å²) in [5, 5.41) is 3.16. The Hall–Kier alpha value is -2.76. The summed E-state index contributed by atoms with van der Waals surface area (Å²) in [5.74, 6) is -0.000103. The molecule has 5 N–H and O–H groups in total. The van der Waals surface area contributed by atoms with Gasteiger partial charge in [0.05, 0.1) is 24.0 Å². The number of rotatable bonds is 5. The van der Waals surface area contributed by atoms with Gasteiger partial charge in [-0.3, -0.25) is 4.79 Å². The van der Waals surface area contributed by atoms with Crippen LogP contribution in [0.5, 0.6) is 5.88 Å². The molecule has 0 aliphatic heterocycles. The molecule has 0 bridgehead atoms. The second kappa shape index (κ2) is 5.92. The molecule has 2 aromatic rings. The summed E-state index contributed by atoms with van der Waals surface area (Å²) >= 11 is 0. The van der Waals surface area contributed by atoms with Crippen molar-refractivity contribution in [3.8, 4) is 5.88 Å². The number of carbonyl (C=O) groups excluding carboxylic acids is 1. The molecule has 0 aliphatic carbocycles. The van der Waals surface area contributed by atoms with E-state index in [-0.39, 0.29) is 0 Å². The molecule has 0 fully saturated rings. The lowest BCUT2D eigenvalue weighted by Gasteiger charge is -2.11. The first-order chi connectivity index (χ1) is 9.61. The number of nitrogens with one attached hydrogen (secondary N) is 1. The first-order valence-corrected chi connectivity index (χ1v) is 6.03. The van der Waals surface area contributed by atoms with Gasteiger partial charge in [0.25, 0.3) is 5.91 Å². The van der Waals surface area contributed by atoms with E-state index in [0.29, 0.717) is 29.4 Å². The highest BCUT2D eigenvalue weighted by atomic mass is 16.5. The highest BCUT2D eigenvalue weighted by molar-refractivity contribution is 6.00. The quantitative estimate of drug-likeness (QED) is 0.713. The molecule has 0 spiro atoms. The van der Waals surface area contributed by atoms with Crippen molar-refractivity contribution in [2.24, 2.45) is 5.73 Å². The van der Waals surface area contributed by atoms with Crippen molar-refractivity contribution >= 4 is 17.3 Å². The minimum Gasteiger partial charge on any atom is -0.481 e. The van der Waals surface area contributed by atoms with E-state index in [1.165, 1.54) is 0 Å². The van der Waals surface area contributed by atoms with Crippen LogP contribution in [0.1, 0.15) is 15.9 Å². The normalized spacial score (nSPS) is 10.1. The van der Waals surface area contributed by atoms with Crippen LogP contribution in [-0.2, 0) is 6.54 Å². The number of pyridine rings is 1. The van der Waals surface area contributed by atoms with Gasteiger partial charge >= 0.3 is 0 Å². The molecule has 0 unspecified atom stereocenters. The van der Waals surface area contributed by atoms with Crippen molar-refractivity contribution in [3.63, 3.8) is 0 Å². The Balaban J connectivity index is 2.14. The Morgan fingerprint density at radius 1 is 1.40 bits per heavy atom. The minimum atomic E-state index is -0.545. The molecule has 6 nitrogen and oxygen atoms in total. The fraction of sp³-hybridized carbons (Fsp3) is 0.143. The first-order valence-electron chi connectivity index (χ1n) is 6.03. The summed E-state index contributed by atoms with van der Waals surface area (Å²) in [7, 11) is 1.56. The summed E-state index contributed by atoms with van der Waals surface area (Å²) < 4.78 is 5.06. The topological polar surface area (TPSA) is 103 Å². The molecule has 1 amide bonds. The maximum absolute atomic E-state index is 11.2. The standard InChI is InChI=1S/C14H16N4O2/c1-20-12-7-9(5-6-17-12)8-18-11-4-2-3-10(13(11)15)14(16)19/h2-7,18H,8,15H2,1H3,(H2,16,19). The molecule has 0 aliphatic rings. The molecule has 0 saturated heterocycles. The second-order valence-electron chi connectivity index (χ2n) is 4.19. The number of benzene rings is 1. The molecule has 0 saturated carbocycles. The van der Waals surface area contributed by atoms with E-state index >= 15 is 0 Å². The van der Waals surface area contributed by atoms with Gasteiger partial charge in [-0.2, -0.15) is 0 Å². The number of primary amides is 1. The average Bonchev–Trinajstić information content (AvgIpc) is 2.46. The number of anilines is 2. The van der Waals surface area contributed by atoms with E-state index in [1.807, 2.05) is 12.1 Å². The number of nitrogens with two attached hydrogens (primary N) is 2. The van der Waals surface area contributed by atoms with Crippen molar-refractivity contribution in [1.29, 1.82) is 0 Å². The van der Waals surface area contributed by atoms with Gasteiger partial charge in [0.2, 0.25) is 5.88 Å². The number of nitrogen functional groups attached to an aromatic ring is 1. The van der Waals surface area contributed by atoms with Crippen molar-refractivity contribution < 1.29 is 9.53 Å². The van der Waals surface area contributed by atoms with Gasteiger partial charge < -0.3 is 21.5 Å². The third-order valence-corrected chi connectivity index (χ3v) is 2.86. The van der Waals surface area contributed by atoms with Crippen molar-refractivity contribution in [3.05, 3.63) is 47.7 Å². The molecule has 0 atom stereocenters. The van der Waals surface area contributed by atoms with Gasteiger partial charge in [-0.05, 0) is 23.8 Å². The molecule has 6 heteroatoms. The van der Waals surface area contributed by atoms with Crippen LogP contribution in [0.4, 0.5) is 11.4 Å². The zero-order valence-corrected chi connectivity index (χ0v) is 11.1. The number of carbonyl (C=O) groups is 1. The molecule has 2 rings (SSSR count). The molecular weight excluding hydrogens is 256 g/mol. The van der Waals surface area contributed by atoms with Crippen LogP contribution in [0.3, 0.4) is 0 Å². The summed E-state index contributed by atoms with van der Waals surface area (Å²) in [4.78, 5) is 15.3. The number of hydrogen-bond donors (Lipinski definition) is 3.